The average Bonchev–Trinajstić information content (AvgIpc) is 2.29. The Morgan fingerprint density at radius 2 is 1.05 bits per heavy atom. The van der Waals surface area contributed by atoms with Gasteiger partial charge in [0.2, 0.25) is 0 Å². The summed E-state index contributed by atoms with van der Waals surface area (Å²) in [5, 5.41) is 0. The summed E-state index contributed by atoms with van der Waals surface area (Å²) in [6.07, 6.45) is 7.17. The van der Waals surface area contributed by atoms with Gasteiger partial charge >= 0.3 is 0 Å². The maximum atomic E-state index is 4.91. The highest BCUT2D eigenvalue weighted by Gasteiger charge is 2.20. The molecule has 0 aromatic rings. The lowest BCUT2D eigenvalue weighted by Crippen LogP contribution is -2.22. The summed E-state index contributed by atoms with van der Waals surface area (Å²) in [6.45, 7) is 13.4. The van der Waals surface area contributed by atoms with Crippen LogP contribution >= 0.6 is 0 Å². The molecule has 0 bridgehead atoms. The van der Waals surface area contributed by atoms with Crippen LogP contribution in [-0.4, -0.2) is 23.5 Å². The van der Waals surface area contributed by atoms with Crippen molar-refractivity contribution in [2.75, 3.05) is 0 Å². The van der Waals surface area contributed by atoms with Crippen LogP contribution in [0.2, 0.25) is 0 Å². The Labute approximate surface area is 126 Å². The number of nitrogens with zero attached hydrogens (tertiary/aromatic N) is 2. The van der Waals surface area contributed by atoms with Gasteiger partial charge in [0.05, 0.1) is 0 Å². The van der Waals surface area contributed by atoms with Crippen LogP contribution in [0.5, 0.6) is 0 Å². The third-order valence-electron chi connectivity index (χ3n) is 3.88. The monoisotopic (exact) mass is 278 g/mol. The van der Waals surface area contributed by atoms with Gasteiger partial charge in [0, 0.05) is 23.5 Å². The van der Waals surface area contributed by atoms with Crippen LogP contribution in [0.3, 0.4) is 0 Å². The molecule has 0 atom stereocenters. The molecule has 0 amide bonds. The zero-order chi connectivity index (χ0) is 15.1. The van der Waals surface area contributed by atoms with E-state index in [1.54, 1.807) is 0 Å². The molecular weight excluding hydrogens is 244 g/mol. The van der Waals surface area contributed by atoms with E-state index in [9.17, 15) is 0 Å². The van der Waals surface area contributed by atoms with Gasteiger partial charge in [0.1, 0.15) is 0 Å². The lowest BCUT2D eigenvalue weighted by atomic mass is 9.91. The predicted molar refractivity (Wildman–Crippen MR) is 91.2 cm³/mol. The molecule has 1 aliphatic rings. The van der Waals surface area contributed by atoms with Crippen LogP contribution in [0.15, 0.2) is 9.98 Å². The van der Waals surface area contributed by atoms with E-state index in [0.29, 0.717) is 12.1 Å². The molecule has 0 spiro atoms. The molecule has 20 heavy (non-hydrogen) atoms. The molecule has 1 rings (SSSR count). The van der Waals surface area contributed by atoms with Gasteiger partial charge in [-0.2, -0.15) is 0 Å². The van der Waals surface area contributed by atoms with Gasteiger partial charge < -0.3 is 0 Å². The van der Waals surface area contributed by atoms with Crippen LogP contribution in [0, 0.1) is 11.8 Å². The van der Waals surface area contributed by atoms with E-state index < -0.39 is 0 Å². The van der Waals surface area contributed by atoms with E-state index in [2.05, 4.69) is 41.5 Å². The molecule has 2 nitrogen and oxygen atoms in total. The van der Waals surface area contributed by atoms with Crippen LogP contribution < -0.4 is 0 Å². The predicted octanol–water partition coefficient (Wildman–Crippen LogP) is 5.31. The van der Waals surface area contributed by atoms with Crippen molar-refractivity contribution in [2.45, 2.75) is 92.2 Å². The standard InChI is InChI=1S/C18H34N2/c1-13(2)11-15(5)19-17-7-9-18(10-8-17)20-16(6)12-14(3)4/h13-14,17-18H,7-12H2,1-6H3/b19-15-,20-16-. The molecule has 2 heteroatoms. The molecule has 0 heterocycles. The topological polar surface area (TPSA) is 24.7 Å². The fourth-order valence-electron chi connectivity index (χ4n) is 3.23. The summed E-state index contributed by atoms with van der Waals surface area (Å²) < 4.78 is 0. The van der Waals surface area contributed by atoms with Crippen molar-refractivity contribution in [2.24, 2.45) is 21.8 Å². The fraction of sp³-hybridized carbons (Fsp3) is 0.889. The zero-order valence-electron chi connectivity index (χ0n) is 14.4. The van der Waals surface area contributed by atoms with Crippen molar-refractivity contribution >= 4 is 11.4 Å². The third kappa shape index (κ3) is 7.21. The maximum Gasteiger partial charge on any atom is 0.0500 e. The Morgan fingerprint density at radius 3 is 1.30 bits per heavy atom. The molecule has 0 unspecified atom stereocenters. The molecule has 0 saturated heterocycles. The minimum absolute atomic E-state index is 0.561. The first kappa shape index (κ1) is 17.4. The number of hydrogen-bond acceptors (Lipinski definition) is 2. The third-order valence-corrected chi connectivity index (χ3v) is 3.88. The minimum atomic E-state index is 0.561. The van der Waals surface area contributed by atoms with Gasteiger partial charge in [-0.15, -0.1) is 0 Å². The van der Waals surface area contributed by atoms with Gasteiger partial charge in [0.25, 0.3) is 0 Å². The second kappa shape index (κ2) is 8.59. The lowest BCUT2D eigenvalue weighted by molar-refractivity contribution is 0.396. The van der Waals surface area contributed by atoms with E-state index in [1.807, 2.05) is 0 Å². The molecule has 0 aliphatic heterocycles. The highest BCUT2D eigenvalue weighted by molar-refractivity contribution is 5.82. The van der Waals surface area contributed by atoms with Crippen LogP contribution in [-0.2, 0) is 0 Å². The average molecular weight is 278 g/mol. The van der Waals surface area contributed by atoms with Crippen molar-refractivity contribution < 1.29 is 0 Å². The Balaban J connectivity index is 2.40. The fourth-order valence-corrected chi connectivity index (χ4v) is 3.23. The van der Waals surface area contributed by atoms with Crippen LogP contribution in [0.25, 0.3) is 0 Å². The molecule has 1 saturated carbocycles. The molecule has 0 N–H and O–H groups in total. The van der Waals surface area contributed by atoms with Crippen molar-refractivity contribution in [3.63, 3.8) is 0 Å². The first-order valence-corrected chi connectivity index (χ1v) is 8.43. The Bertz CT molecular complexity index is 297. The van der Waals surface area contributed by atoms with E-state index in [1.165, 1.54) is 37.1 Å². The first-order chi connectivity index (χ1) is 9.36. The Kier molecular flexibility index (Phi) is 7.47. The molecule has 1 fully saturated rings. The quantitative estimate of drug-likeness (QED) is 0.588. The second-order valence-electron chi connectivity index (χ2n) is 7.39. The van der Waals surface area contributed by atoms with Gasteiger partial charge in [-0.3, -0.25) is 9.98 Å². The minimum Gasteiger partial charge on any atom is -0.291 e. The zero-order valence-corrected chi connectivity index (χ0v) is 14.4. The normalized spacial score (nSPS) is 25.6. The van der Waals surface area contributed by atoms with Crippen LogP contribution in [0.4, 0.5) is 0 Å². The molecule has 116 valence electrons. The molecule has 1 aliphatic carbocycles. The van der Waals surface area contributed by atoms with Gasteiger partial charge in [0.15, 0.2) is 0 Å². The molecule has 0 aromatic heterocycles. The SMILES string of the molecule is C/C(CC(C)C)=N/C1CCC(/N=C(/C)CC(C)C)CC1. The Morgan fingerprint density at radius 1 is 0.750 bits per heavy atom. The van der Waals surface area contributed by atoms with Gasteiger partial charge in [-0.1, -0.05) is 27.7 Å². The summed E-state index contributed by atoms with van der Waals surface area (Å²) in [5.74, 6) is 1.44. The first-order valence-electron chi connectivity index (χ1n) is 8.43. The lowest BCUT2D eigenvalue weighted by Gasteiger charge is -2.25. The number of aliphatic imine (C=N–C) groups is 2. The maximum absolute atomic E-state index is 4.91. The second-order valence-corrected chi connectivity index (χ2v) is 7.39. The van der Waals surface area contributed by atoms with Crippen LogP contribution in [0.1, 0.15) is 80.1 Å². The summed E-state index contributed by atoms with van der Waals surface area (Å²) in [6, 6.07) is 1.12. The number of rotatable bonds is 6. The van der Waals surface area contributed by atoms with Gasteiger partial charge in [-0.25, -0.2) is 0 Å². The molecular formula is C18H34N2. The van der Waals surface area contributed by atoms with Crippen molar-refractivity contribution in [1.29, 1.82) is 0 Å². The smallest absolute Gasteiger partial charge is 0.0500 e. The van der Waals surface area contributed by atoms with E-state index in [-0.39, 0.29) is 0 Å². The highest BCUT2D eigenvalue weighted by Crippen LogP contribution is 2.24. The molecule has 0 radical (unpaired) electrons. The summed E-state index contributed by atoms with van der Waals surface area (Å²) in [5.41, 5.74) is 2.67. The summed E-state index contributed by atoms with van der Waals surface area (Å²) in [4.78, 5) is 9.81. The largest absolute Gasteiger partial charge is 0.291 e. The highest BCUT2D eigenvalue weighted by atomic mass is 14.8. The van der Waals surface area contributed by atoms with Gasteiger partial charge in [-0.05, 0) is 64.2 Å². The Hall–Kier alpha value is -0.660. The van der Waals surface area contributed by atoms with Crippen molar-refractivity contribution in [3.05, 3.63) is 0 Å². The van der Waals surface area contributed by atoms with E-state index in [0.717, 1.165) is 24.7 Å². The van der Waals surface area contributed by atoms with Crippen molar-refractivity contribution in [3.8, 4) is 0 Å². The summed E-state index contributed by atoms with van der Waals surface area (Å²) in [7, 11) is 0. The number of hydrogen-bond donors (Lipinski definition) is 0. The van der Waals surface area contributed by atoms with E-state index in [4.69, 9.17) is 9.98 Å². The summed E-state index contributed by atoms with van der Waals surface area (Å²) >= 11 is 0. The molecule has 0 aromatic carbocycles. The van der Waals surface area contributed by atoms with E-state index >= 15 is 0 Å². The van der Waals surface area contributed by atoms with Crippen molar-refractivity contribution in [1.82, 2.24) is 0 Å².